The number of Topliss-reactive ketones (excluding diaryl/α,β-unsaturated/α-hetero) is 1. The molecule has 2 saturated carbocycles. The van der Waals surface area contributed by atoms with Gasteiger partial charge in [0.05, 0.1) is 11.0 Å². The van der Waals surface area contributed by atoms with Gasteiger partial charge in [0, 0.05) is 31.4 Å². The highest BCUT2D eigenvalue weighted by Crippen LogP contribution is 2.57. The Kier molecular flexibility index (Phi) is 4.13. The van der Waals surface area contributed by atoms with Crippen LogP contribution in [0.3, 0.4) is 0 Å². The molecule has 1 heterocycles. The summed E-state index contributed by atoms with van der Waals surface area (Å²) in [4.78, 5) is 24.7. The van der Waals surface area contributed by atoms with Crippen molar-refractivity contribution < 1.29 is 14.3 Å². The van der Waals surface area contributed by atoms with Crippen molar-refractivity contribution in [3.63, 3.8) is 0 Å². The molecule has 2 atom stereocenters. The second-order valence-electron chi connectivity index (χ2n) is 6.07. The second kappa shape index (κ2) is 5.89. The first-order valence-corrected chi connectivity index (χ1v) is 8.42. The number of ketones is 1. The quantitative estimate of drug-likeness (QED) is 0.822. The van der Waals surface area contributed by atoms with E-state index >= 15 is 0 Å². The molecule has 0 bridgehead atoms. The lowest BCUT2D eigenvalue weighted by Gasteiger charge is -2.60. The van der Waals surface area contributed by atoms with Crippen molar-refractivity contribution >= 4 is 23.0 Å². The highest BCUT2D eigenvalue weighted by molar-refractivity contribution is 7.12. The number of nitrogens with one attached hydrogen (secondary N) is 1. The molecule has 0 aliphatic heterocycles. The van der Waals surface area contributed by atoms with E-state index in [2.05, 4.69) is 5.32 Å². The fourth-order valence-electron chi connectivity index (χ4n) is 3.59. The predicted molar refractivity (Wildman–Crippen MR) is 81.5 cm³/mol. The van der Waals surface area contributed by atoms with E-state index in [0.29, 0.717) is 12.5 Å². The number of carbonyl (C=O) groups excluding carboxylic acids is 2. The van der Waals surface area contributed by atoms with E-state index in [0.717, 1.165) is 24.1 Å². The molecule has 0 unspecified atom stereocenters. The van der Waals surface area contributed by atoms with Gasteiger partial charge in [-0.3, -0.25) is 9.59 Å². The van der Waals surface area contributed by atoms with Crippen molar-refractivity contribution in [2.24, 2.45) is 5.41 Å². The Balaban J connectivity index is 1.46. The Morgan fingerprint density at radius 2 is 2.24 bits per heavy atom. The van der Waals surface area contributed by atoms with Crippen LogP contribution in [-0.4, -0.2) is 30.9 Å². The highest BCUT2D eigenvalue weighted by Gasteiger charge is 2.59. The largest absolute Gasteiger partial charge is 0.381 e. The van der Waals surface area contributed by atoms with Crippen LogP contribution in [0.15, 0.2) is 17.5 Å². The van der Waals surface area contributed by atoms with Gasteiger partial charge in [-0.1, -0.05) is 12.5 Å². The summed E-state index contributed by atoms with van der Waals surface area (Å²) < 4.78 is 5.50. The molecule has 1 amide bonds. The molecule has 1 spiro atoms. The van der Waals surface area contributed by atoms with Gasteiger partial charge in [0.15, 0.2) is 5.78 Å². The lowest BCUT2D eigenvalue weighted by Crippen LogP contribution is -2.67. The van der Waals surface area contributed by atoms with Gasteiger partial charge < -0.3 is 10.1 Å². The predicted octanol–water partition coefficient (Wildman–Crippen LogP) is 2.78. The van der Waals surface area contributed by atoms with E-state index in [4.69, 9.17) is 4.74 Å². The van der Waals surface area contributed by atoms with Crippen LogP contribution in [0.1, 0.15) is 48.2 Å². The minimum absolute atomic E-state index is 0.00858. The van der Waals surface area contributed by atoms with Crippen LogP contribution in [0.25, 0.3) is 0 Å². The number of thiophene rings is 1. The minimum Gasteiger partial charge on any atom is -0.381 e. The Hall–Kier alpha value is -1.20. The first kappa shape index (κ1) is 14.7. The van der Waals surface area contributed by atoms with Crippen LogP contribution >= 0.6 is 11.3 Å². The molecule has 1 aromatic heterocycles. The number of ether oxygens (including phenoxy) is 1. The Morgan fingerprint density at radius 3 is 2.81 bits per heavy atom. The zero-order chi connectivity index (χ0) is 14.9. The minimum atomic E-state index is -0.00858. The molecule has 1 aromatic rings. The fourth-order valence-corrected chi connectivity index (χ4v) is 4.28. The monoisotopic (exact) mass is 307 g/mol. The van der Waals surface area contributed by atoms with E-state index in [1.807, 2.05) is 17.5 Å². The summed E-state index contributed by atoms with van der Waals surface area (Å²) >= 11 is 1.43. The van der Waals surface area contributed by atoms with E-state index in [1.54, 1.807) is 7.11 Å². The van der Waals surface area contributed by atoms with E-state index < -0.39 is 0 Å². The summed E-state index contributed by atoms with van der Waals surface area (Å²) in [7, 11) is 1.75. The second-order valence-corrected chi connectivity index (χ2v) is 7.02. The zero-order valence-electron chi connectivity index (χ0n) is 12.3. The van der Waals surface area contributed by atoms with Crippen LogP contribution in [-0.2, 0) is 9.53 Å². The van der Waals surface area contributed by atoms with Crippen LogP contribution in [0, 0.1) is 5.41 Å². The molecule has 0 saturated heterocycles. The Morgan fingerprint density at radius 1 is 1.43 bits per heavy atom. The van der Waals surface area contributed by atoms with Crippen molar-refractivity contribution in [2.45, 2.75) is 50.7 Å². The first-order valence-electron chi connectivity index (χ1n) is 7.54. The molecule has 114 valence electrons. The number of methoxy groups -OCH3 is 1. The standard InChI is InChI=1S/C16H21NO3S/c1-20-14-10-13(16(14)7-3-8-16)17-15(19)6-5-11(18)12-4-2-9-21-12/h2,4,9,13-14H,3,5-8,10H2,1H3,(H,17,19)/t13-,14-/m0/s1. The average Bonchev–Trinajstić information content (AvgIpc) is 2.92. The van der Waals surface area contributed by atoms with Gasteiger partial charge in [-0.15, -0.1) is 11.3 Å². The Bertz CT molecular complexity index is 522. The summed E-state index contributed by atoms with van der Waals surface area (Å²) in [5, 5.41) is 4.99. The molecule has 3 rings (SSSR count). The van der Waals surface area contributed by atoms with Crippen molar-refractivity contribution in [1.29, 1.82) is 0 Å². The van der Waals surface area contributed by atoms with Crippen molar-refractivity contribution in [1.82, 2.24) is 5.32 Å². The molecule has 2 aliphatic rings. The number of rotatable bonds is 6. The number of amides is 1. The summed E-state index contributed by atoms with van der Waals surface area (Å²) in [5.41, 5.74) is 0.183. The van der Waals surface area contributed by atoms with Crippen LogP contribution in [0.5, 0.6) is 0 Å². The number of carbonyl (C=O) groups is 2. The summed E-state index contributed by atoms with van der Waals surface area (Å²) in [6.45, 7) is 0. The summed E-state index contributed by atoms with van der Waals surface area (Å²) in [5.74, 6) is 0.0487. The number of hydrogen-bond donors (Lipinski definition) is 1. The van der Waals surface area contributed by atoms with E-state index in [1.165, 1.54) is 17.8 Å². The van der Waals surface area contributed by atoms with Gasteiger partial charge in [-0.05, 0) is 30.7 Å². The third-order valence-electron chi connectivity index (χ3n) is 5.06. The zero-order valence-corrected chi connectivity index (χ0v) is 13.1. The number of hydrogen-bond acceptors (Lipinski definition) is 4. The van der Waals surface area contributed by atoms with Crippen LogP contribution in [0.4, 0.5) is 0 Å². The van der Waals surface area contributed by atoms with Crippen LogP contribution < -0.4 is 5.32 Å². The van der Waals surface area contributed by atoms with E-state index in [-0.39, 0.29) is 29.6 Å². The molecule has 5 heteroatoms. The van der Waals surface area contributed by atoms with Gasteiger partial charge in [-0.25, -0.2) is 0 Å². The molecule has 21 heavy (non-hydrogen) atoms. The average molecular weight is 307 g/mol. The van der Waals surface area contributed by atoms with Crippen molar-refractivity contribution in [2.75, 3.05) is 7.11 Å². The maximum atomic E-state index is 12.0. The molecule has 0 radical (unpaired) electrons. The lowest BCUT2D eigenvalue weighted by molar-refractivity contribution is -0.166. The summed E-state index contributed by atoms with van der Waals surface area (Å²) in [6, 6.07) is 3.90. The maximum absolute atomic E-state index is 12.0. The SMILES string of the molecule is CO[C@H]1C[C@H](NC(=O)CCC(=O)c2cccs2)C12CCC2. The molecule has 2 fully saturated rings. The lowest BCUT2D eigenvalue weighted by atomic mass is 9.51. The third kappa shape index (κ3) is 2.64. The van der Waals surface area contributed by atoms with Crippen molar-refractivity contribution in [3.05, 3.63) is 22.4 Å². The van der Waals surface area contributed by atoms with Gasteiger partial charge in [0.25, 0.3) is 0 Å². The fraction of sp³-hybridized carbons (Fsp3) is 0.625. The molecule has 1 N–H and O–H groups in total. The molecule has 2 aliphatic carbocycles. The normalized spacial score (nSPS) is 26.0. The topological polar surface area (TPSA) is 55.4 Å². The van der Waals surface area contributed by atoms with Gasteiger partial charge >= 0.3 is 0 Å². The van der Waals surface area contributed by atoms with Gasteiger partial charge in [0.2, 0.25) is 5.91 Å². The molecular weight excluding hydrogens is 286 g/mol. The molecule has 0 aromatic carbocycles. The van der Waals surface area contributed by atoms with Gasteiger partial charge in [-0.2, -0.15) is 0 Å². The Labute approximate surface area is 128 Å². The first-order chi connectivity index (χ1) is 10.2. The summed E-state index contributed by atoms with van der Waals surface area (Å²) in [6.07, 6.45) is 5.28. The smallest absolute Gasteiger partial charge is 0.220 e. The van der Waals surface area contributed by atoms with Gasteiger partial charge in [0.1, 0.15) is 0 Å². The third-order valence-corrected chi connectivity index (χ3v) is 5.98. The highest BCUT2D eigenvalue weighted by atomic mass is 32.1. The molecular formula is C16H21NO3S. The van der Waals surface area contributed by atoms with E-state index in [9.17, 15) is 9.59 Å². The van der Waals surface area contributed by atoms with Crippen molar-refractivity contribution in [3.8, 4) is 0 Å². The maximum Gasteiger partial charge on any atom is 0.220 e. The molecule has 4 nitrogen and oxygen atoms in total. The van der Waals surface area contributed by atoms with Crippen LogP contribution in [0.2, 0.25) is 0 Å².